The van der Waals surface area contributed by atoms with Crippen molar-refractivity contribution in [2.24, 2.45) is 0 Å². The van der Waals surface area contributed by atoms with Gasteiger partial charge in [-0.15, -0.1) is 11.1 Å². The number of rotatable bonds is 0. The van der Waals surface area contributed by atoms with E-state index < -0.39 is 5.41 Å². The predicted octanol–water partition coefficient (Wildman–Crippen LogP) is 6.94. The van der Waals surface area contributed by atoms with Gasteiger partial charge in [-0.2, -0.15) is 0 Å². The Labute approximate surface area is 253 Å². The second-order valence-corrected chi connectivity index (χ2v) is 14.6. The number of nitrogens with zero attached hydrogens (tertiary/aromatic N) is 6. The molecule has 1 aliphatic heterocycles. The molecule has 0 fully saturated rings. The van der Waals surface area contributed by atoms with Crippen LogP contribution in [0.15, 0.2) is 36.4 Å². The van der Waals surface area contributed by atoms with Gasteiger partial charge in [-0.1, -0.05) is 106 Å². The van der Waals surface area contributed by atoms with E-state index in [-0.39, 0.29) is 42.1 Å². The van der Waals surface area contributed by atoms with E-state index in [9.17, 15) is 0 Å². The Morgan fingerprint density at radius 2 is 0.950 bits per heavy atom. The SMILES string of the molecule is CC(C)(C)c1nn2[c-]c1C(C)(C)C(C)(C)c1[c-]n(nc1C(C)(C)C)-c1cccc(n1)C(C)(C)c1cccc-2n1.[Pd+2]. The van der Waals surface area contributed by atoms with Crippen LogP contribution in [-0.4, -0.2) is 29.5 Å². The molecule has 5 rings (SSSR count). The second-order valence-electron chi connectivity index (χ2n) is 14.6. The maximum atomic E-state index is 5.14. The Hall–Kier alpha value is -2.62. The van der Waals surface area contributed by atoms with Crippen LogP contribution in [0.1, 0.15) is 117 Å². The fourth-order valence-electron chi connectivity index (χ4n) is 5.34. The second kappa shape index (κ2) is 9.46. The Balaban J connectivity index is 0.00000370. The first-order valence-electron chi connectivity index (χ1n) is 13.9. The average molecular weight is 629 g/mol. The van der Waals surface area contributed by atoms with E-state index in [0.29, 0.717) is 0 Å². The van der Waals surface area contributed by atoms with Crippen LogP contribution in [0.4, 0.5) is 0 Å². The third-order valence-electron chi connectivity index (χ3n) is 8.73. The van der Waals surface area contributed by atoms with Gasteiger partial charge < -0.3 is 9.36 Å². The summed E-state index contributed by atoms with van der Waals surface area (Å²) < 4.78 is 3.68. The molecule has 214 valence electrons. The standard InChI is InChI=1S/C33H42N6.Pd/c1-29(2,3)27-21-19-38(36-27)25-17-13-15-23(34-25)31(7,8)24-16-14-18-26(35-24)39-20-22(28(37-39)30(4,5)6)33(11,12)32(21,9)10;/h13-18H,1-12H3;/q-2;+2. The van der Waals surface area contributed by atoms with Crippen molar-refractivity contribution in [1.82, 2.24) is 29.5 Å². The molecule has 0 atom stereocenters. The molecular formula is C33H42N6Pd. The van der Waals surface area contributed by atoms with Gasteiger partial charge in [-0.05, 0) is 59.0 Å². The van der Waals surface area contributed by atoms with Crippen LogP contribution < -0.4 is 0 Å². The van der Waals surface area contributed by atoms with E-state index in [1.807, 2.05) is 33.6 Å². The molecule has 6 nitrogen and oxygen atoms in total. The summed E-state index contributed by atoms with van der Waals surface area (Å²) in [5.41, 5.74) is 4.49. The minimum atomic E-state index is -0.448. The fourth-order valence-corrected chi connectivity index (χ4v) is 5.34. The Bertz CT molecular complexity index is 1440. The fraction of sp³-hybridized carbons (Fsp3) is 0.515. The summed E-state index contributed by atoms with van der Waals surface area (Å²) in [6.07, 6.45) is 7.38. The number of fused-ring (bicyclic) bond motifs is 10. The summed E-state index contributed by atoms with van der Waals surface area (Å²) in [5, 5.41) is 10.3. The largest absolute Gasteiger partial charge is 2.00 e. The molecule has 8 bridgehead atoms. The zero-order valence-electron chi connectivity index (χ0n) is 26.0. The quantitative estimate of drug-likeness (QED) is 0.156. The summed E-state index contributed by atoms with van der Waals surface area (Å²) in [7, 11) is 0. The van der Waals surface area contributed by atoms with E-state index in [1.165, 1.54) is 0 Å². The smallest absolute Gasteiger partial charge is 0.343 e. The average Bonchev–Trinajstić information content (AvgIpc) is 3.50. The molecule has 7 heteroatoms. The van der Waals surface area contributed by atoms with Gasteiger partial charge in [-0.3, -0.25) is 20.2 Å². The maximum absolute atomic E-state index is 5.14. The van der Waals surface area contributed by atoms with Crippen molar-refractivity contribution in [3.8, 4) is 11.6 Å². The first-order chi connectivity index (χ1) is 17.8. The number of hydrogen-bond donors (Lipinski definition) is 0. The summed E-state index contributed by atoms with van der Waals surface area (Å²) >= 11 is 0. The molecule has 0 N–H and O–H groups in total. The molecule has 1 aliphatic rings. The summed E-state index contributed by atoms with van der Waals surface area (Å²) in [4.78, 5) is 10.2. The topological polar surface area (TPSA) is 61.4 Å². The molecule has 0 aliphatic carbocycles. The van der Waals surface area contributed by atoms with Gasteiger partial charge in [0, 0.05) is 16.8 Å². The summed E-state index contributed by atoms with van der Waals surface area (Å²) in [6, 6.07) is 12.2. The number of hydrogen-bond acceptors (Lipinski definition) is 4. The number of aromatic nitrogens is 6. The van der Waals surface area contributed by atoms with Gasteiger partial charge in [0.1, 0.15) is 0 Å². The van der Waals surface area contributed by atoms with Gasteiger partial charge in [0.15, 0.2) is 0 Å². The Morgan fingerprint density at radius 3 is 1.27 bits per heavy atom. The van der Waals surface area contributed by atoms with E-state index in [0.717, 1.165) is 45.5 Å². The zero-order chi connectivity index (χ0) is 28.8. The summed E-state index contributed by atoms with van der Waals surface area (Å²) in [5.74, 6) is 1.51. The molecular weight excluding hydrogens is 587 g/mol. The van der Waals surface area contributed by atoms with Crippen LogP contribution >= 0.6 is 0 Å². The monoisotopic (exact) mass is 628 g/mol. The van der Waals surface area contributed by atoms with Crippen molar-refractivity contribution < 1.29 is 20.4 Å². The predicted molar refractivity (Wildman–Crippen MR) is 156 cm³/mol. The van der Waals surface area contributed by atoms with Crippen molar-refractivity contribution in [2.45, 2.75) is 110 Å². The summed E-state index contributed by atoms with van der Waals surface area (Å²) in [6.45, 7) is 26.8. The number of pyridine rings is 2. The van der Waals surface area contributed by atoms with Crippen molar-refractivity contribution in [3.63, 3.8) is 0 Å². The van der Waals surface area contributed by atoms with Crippen LogP contribution in [-0.2, 0) is 47.5 Å². The Kier molecular flexibility index (Phi) is 7.18. The van der Waals surface area contributed by atoms with Gasteiger partial charge in [0.2, 0.25) is 0 Å². The zero-order valence-corrected chi connectivity index (χ0v) is 27.5. The molecule has 0 amide bonds. The molecule has 0 spiro atoms. The first-order valence-corrected chi connectivity index (χ1v) is 13.9. The van der Waals surface area contributed by atoms with Crippen LogP contribution in [0, 0.1) is 12.4 Å². The van der Waals surface area contributed by atoms with Gasteiger partial charge in [0.25, 0.3) is 0 Å². The maximum Gasteiger partial charge on any atom is 2.00 e. The molecule has 4 aromatic heterocycles. The van der Waals surface area contributed by atoms with E-state index >= 15 is 0 Å². The minimum Gasteiger partial charge on any atom is -0.343 e. The molecule has 40 heavy (non-hydrogen) atoms. The molecule has 4 aromatic rings. The van der Waals surface area contributed by atoms with E-state index in [2.05, 4.69) is 108 Å². The molecule has 0 radical (unpaired) electrons. The van der Waals surface area contributed by atoms with Crippen molar-refractivity contribution in [2.75, 3.05) is 0 Å². The van der Waals surface area contributed by atoms with Crippen LogP contribution in [0.3, 0.4) is 0 Å². The molecule has 0 saturated heterocycles. The first kappa shape index (κ1) is 30.3. The van der Waals surface area contributed by atoms with Crippen LogP contribution in [0.2, 0.25) is 0 Å². The van der Waals surface area contributed by atoms with E-state index in [1.54, 1.807) is 0 Å². The van der Waals surface area contributed by atoms with Crippen molar-refractivity contribution in [3.05, 3.63) is 82.7 Å². The Morgan fingerprint density at radius 1 is 0.600 bits per heavy atom. The van der Waals surface area contributed by atoms with Gasteiger partial charge in [-0.25, -0.2) is 0 Å². The molecule has 5 heterocycles. The molecule has 0 aromatic carbocycles. The third kappa shape index (κ3) is 4.70. The van der Waals surface area contributed by atoms with Crippen molar-refractivity contribution >= 4 is 0 Å². The molecule has 0 saturated carbocycles. The minimum absolute atomic E-state index is 0. The van der Waals surface area contributed by atoms with Crippen LogP contribution in [0.25, 0.3) is 11.6 Å². The molecule has 0 unspecified atom stereocenters. The normalized spacial score (nSPS) is 17.4. The van der Waals surface area contributed by atoms with Gasteiger partial charge in [0.05, 0.1) is 11.6 Å². The van der Waals surface area contributed by atoms with Crippen LogP contribution in [0.5, 0.6) is 0 Å². The van der Waals surface area contributed by atoms with Crippen molar-refractivity contribution in [1.29, 1.82) is 0 Å². The van der Waals surface area contributed by atoms with E-state index in [4.69, 9.17) is 20.2 Å². The third-order valence-corrected chi connectivity index (χ3v) is 8.73. The van der Waals surface area contributed by atoms with Gasteiger partial charge >= 0.3 is 20.4 Å².